The van der Waals surface area contributed by atoms with Crippen LogP contribution in [0.25, 0.3) is 0 Å². The van der Waals surface area contributed by atoms with Gasteiger partial charge < -0.3 is 20.5 Å². The van der Waals surface area contributed by atoms with Crippen molar-refractivity contribution >= 4 is 5.91 Å². The monoisotopic (exact) mass is 340 g/mol. The highest BCUT2D eigenvalue weighted by atomic mass is 16.5. The van der Waals surface area contributed by atoms with E-state index in [4.69, 9.17) is 15.2 Å². The van der Waals surface area contributed by atoms with Crippen molar-refractivity contribution in [2.75, 3.05) is 13.2 Å². The molecular weight excluding hydrogens is 316 g/mol. The fourth-order valence-corrected chi connectivity index (χ4v) is 2.87. The number of nitrogens with two attached hydrogens (primary N) is 1. The number of carbonyl (C=O) groups is 1. The van der Waals surface area contributed by atoms with Gasteiger partial charge in [-0.1, -0.05) is 30.3 Å². The van der Waals surface area contributed by atoms with Crippen molar-refractivity contribution < 1.29 is 14.3 Å². The molecule has 0 atom stereocenters. The maximum absolute atomic E-state index is 12.4. The summed E-state index contributed by atoms with van der Waals surface area (Å²) in [5.41, 5.74) is 8.37. The fourth-order valence-electron chi connectivity index (χ4n) is 2.87. The highest BCUT2D eigenvalue weighted by molar-refractivity contribution is 5.94. The van der Waals surface area contributed by atoms with Crippen LogP contribution in [0.3, 0.4) is 0 Å². The van der Waals surface area contributed by atoms with E-state index in [0.29, 0.717) is 37.7 Å². The molecule has 0 saturated carbocycles. The standard InChI is InChI=1S/C20H24N2O3/c21-13-17-12-16(20(23)22-18-8-10-24-11-9-18)6-7-19(17)25-14-15-4-2-1-3-5-15/h1-7,12,18H,8-11,13-14,21H2,(H,22,23). The van der Waals surface area contributed by atoms with Gasteiger partial charge in [-0.15, -0.1) is 0 Å². The largest absolute Gasteiger partial charge is 0.489 e. The van der Waals surface area contributed by atoms with Crippen molar-refractivity contribution in [3.8, 4) is 5.75 Å². The van der Waals surface area contributed by atoms with Gasteiger partial charge in [0.25, 0.3) is 5.91 Å². The lowest BCUT2D eigenvalue weighted by molar-refractivity contribution is 0.0696. The van der Waals surface area contributed by atoms with Crippen LogP contribution in [0.4, 0.5) is 0 Å². The Hall–Kier alpha value is -2.37. The first-order valence-electron chi connectivity index (χ1n) is 8.64. The fraction of sp³-hybridized carbons (Fsp3) is 0.350. The predicted octanol–water partition coefficient (Wildman–Crippen LogP) is 2.63. The van der Waals surface area contributed by atoms with Gasteiger partial charge >= 0.3 is 0 Å². The molecule has 1 aliphatic heterocycles. The van der Waals surface area contributed by atoms with Crippen molar-refractivity contribution in [2.24, 2.45) is 5.73 Å². The molecule has 25 heavy (non-hydrogen) atoms. The molecule has 2 aromatic rings. The number of amides is 1. The van der Waals surface area contributed by atoms with Gasteiger partial charge in [-0.2, -0.15) is 0 Å². The van der Waals surface area contributed by atoms with Crippen molar-refractivity contribution in [1.29, 1.82) is 0 Å². The highest BCUT2D eigenvalue weighted by Crippen LogP contribution is 2.21. The Morgan fingerprint density at radius 2 is 1.92 bits per heavy atom. The summed E-state index contributed by atoms with van der Waals surface area (Å²) in [7, 11) is 0. The Labute approximate surface area is 148 Å². The van der Waals surface area contributed by atoms with Crippen LogP contribution in [-0.2, 0) is 17.9 Å². The van der Waals surface area contributed by atoms with Crippen molar-refractivity contribution in [2.45, 2.75) is 32.0 Å². The molecule has 2 aromatic carbocycles. The van der Waals surface area contributed by atoms with E-state index in [9.17, 15) is 4.79 Å². The summed E-state index contributed by atoms with van der Waals surface area (Å²) in [5, 5.41) is 3.06. The van der Waals surface area contributed by atoms with Crippen molar-refractivity contribution in [3.05, 3.63) is 65.2 Å². The maximum atomic E-state index is 12.4. The van der Waals surface area contributed by atoms with Crippen molar-refractivity contribution in [3.63, 3.8) is 0 Å². The second kappa shape index (κ2) is 8.65. The number of ether oxygens (including phenoxy) is 2. The lowest BCUT2D eigenvalue weighted by Gasteiger charge is -2.23. The first-order valence-corrected chi connectivity index (χ1v) is 8.64. The van der Waals surface area contributed by atoms with Crippen molar-refractivity contribution in [1.82, 2.24) is 5.32 Å². The normalized spacial score (nSPS) is 14.9. The molecule has 0 aromatic heterocycles. The molecule has 1 heterocycles. The molecule has 5 nitrogen and oxygen atoms in total. The molecule has 0 spiro atoms. The zero-order valence-electron chi connectivity index (χ0n) is 14.2. The number of rotatable bonds is 6. The average molecular weight is 340 g/mol. The minimum atomic E-state index is -0.0730. The molecule has 1 fully saturated rings. The summed E-state index contributed by atoms with van der Waals surface area (Å²) < 4.78 is 11.2. The summed E-state index contributed by atoms with van der Waals surface area (Å²) in [6.07, 6.45) is 1.71. The van der Waals surface area contributed by atoms with Gasteiger partial charge in [0.15, 0.2) is 0 Å². The summed E-state index contributed by atoms with van der Waals surface area (Å²) in [6.45, 7) is 2.19. The second-order valence-electron chi connectivity index (χ2n) is 6.16. The molecule has 0 bridgehead atoms. The lowest BCUT2D eigenvalue weighted by Crippen LogP contribution is -2.38. The molecular formula is C20H24N2O3. The summed E-state index contributed by atoms with van der Waals surface area (Å²) in [6, 6.07) is 15.6. The first-order chi connectivity index (χ1) is 12.3. The van der Waals surface area contributed by atoms with Crippen LogP contribution in [0.5, 0.6) is 5.75 Å². The molecule has 0 unspecified atom stereocenters. The quantitative estimate of drug-likeness (QED) is 0.848. The number of nitrogens with one attached hydrogen (secondary N) is 1. The van der Waals surface area contributed by atoms with E-state index in [0.717, 1.165) is 24.0 Å². The zero-order valence-corrected chi connectivity index (χ0v) is 14.2. The van der Waals surface area contributed by atoms with Gasteiger partial charge in [-0.25, -0.2) is 0 Å². The van der Waals surface area contributed by atoms with E-state index in [2.05, 4.69) is 5.32 Å². The molecule has 132 valence electrons. The van der Waals surface area contributed by atoms with E-state index in [1.807, 2.05) is 42.5 Å². The number of hydrogen-bond donors (Lipinski definition) is 2. The Morgan fingerprint density at radius 1 is 1.16 bits per heavy atom. The van der Waals surface area contributed by atoms with Gasteiger partial charge in [-0.3, -0.25) is 4.79 Å². The lowest BCUT2D eigenvalue weighted by atomic mass is 10.1. The van der Waals surface area contributed by atoms with Gasteiger partial charge in [0.2, 0.25) is 0 Å². The first kappa shape index (κ1) is 17.5. The third kappa shape index (κ3) is 4.81. The van der Waals surface area contributed by atoms with E-state index in [1.54, 1.807) is 6.07 Å². The van der Waals surface area contributed by atoms with E-state index < -0.39 is 0 Å². The minimum Gasteiger partial charge on any atom is -0.489 e. The van der Waals surface area contributed by atoms with Crippen LogP contribution in [0.1, 0.15) is 34.3 Å². The van der Waals surface area contributed by atoms with E-state index in [1.165, 1.54) is 0 Å². The van der Waals surface area contributed by atoms with Gasteiger partial charge in [-0.05, 0) is 36.6 Å². The van der Waals surface area contributed by atoms with Gasteiger partial charge in [0.1, 0.15) is 12.4 Å². The molecule has 1 aliphatic rings. The predicted molar refractivity (Wildman–Crippen MR) is 96.4 cm³/mol. The molecule has 1 amide bonds. The summed E-state index contributed by atoms with van der Waals surface area (Å²) in [5.74, 6) is 0.644. The topological polar surface area (TPSA) is 73.6 Å². The number of carbonyl (C=O) groups excluding carboxylic acids is 1. The third-order valence-electron chi connectivity index (χ3n) is 4.34. The van der Waals surface area contributed by atoms with Crippen LogP contribution in [0, 0.1) is 0 Å². The van der Waals surface area contributed by atoms with Crippen LogP contribution >= 0.6 is 0 Å². The maximum Gasteiger partial charge on any atom is 0.251 e. The van der Waals surface area contributed by atoms with E-state index in [-0.39, 0.29) is 11.9 Å². The SMILES string of the molecule is NCc1cc(C(=O)NC2CCOCC2)ccc1OCc1ccccc1. The van der Waals surface area contributed by atoms with Gasteiger partial charge in [0.05, 0.1) is 0 Å². The molecule has 3 rings (SSSR count). The molecule has 3 N–H and O–H groups in total. The second-order valence-corrected chi connectivity index (χ2v) is 6.16. The Morgan fingerprint density at radius 3 is 2.64 bits per heavy atom. The molecule has 5 heteroatoms. The average Bonchev–Trinajstić information content (AvgIpc) is 2.67. The smallest absolute Gasteiger partial charge is 0.251 e. The molecule has 0 radical (unpaired) electrons. The number of hydrogen-bond acceptors (Lipinski definition) is 4. The third-order valence-corrected chi connectivity index (χ3v) is 4.34. The molecule has 1 saturated heterocycles. The van der Waals surface area contributed by atoms with Crippen LogP contribution < -0.4 is 15.8 Å². The Kier molecular flexibility index (Phi) is 6.04. The minimum absolute atomic E-state index is 0.0730. The summed E-state index contributed by atoms with van der Waals surface area (Å²) in [4.78, 5) is 12.4. The summed E-state index contributed by atoms with van der Waals surface area (Å²) >= 11 is 0. The van der Waals surface area contributed by atoms with Crippen LogP contribution in [0.15, 0.2) is 48.5 Å². The van der Waals surface area contributed by atoms with Gasteiger partial charge in [0, 0.05) is 36.9 Å². The van der Waals surface area contributed by atoms with E-state index >= 15 is 0 Å². The Bertz CT molecular complexity index is 697. The van der Waals surface area contributed by atoms with Crippen LogP contribution in [-0.4, -0.2) is 25.2 Å². The van der Waals surface area contributed by atoms with Crippen LogP contribution in [0.2, 0.25) is 0 Å². The zero-order chi connectivity index (χ0) is 17.5. The molecule has 0 aliphatic carbocycles. The number of benzene rings is 2. The Balaban J connectivity index is 1.65. The highest BCUT2D eigenvalue weighted by Gasteiger charge is 2.17.